The summed E-state index contributed by atoms with van der Waals surface area (Å²) in [5.74, 6) is -0.117. The van der Waals surface area contributed by atoms with Gasteiger partial charge < -0.3 is 20.3 Å². The van der Waals surface area contributed by atoms with Gasteiger partial charge in [-0.15, -0.1) is 0 Å². The van der Waals surface area contributed by atoms with E-state index in [1.54, 1.807) is 7.11 Å². The Kier molecular flexibility index (Phi) is 7.25. The predicted molar refractivity (Wildman–Crippen MR) is 115 cm³/mol. The van der Waals surface area contributed by atoms with Gasteiger partial charge in [-0.1, -0.05) is 29.8 Å². The van der Waals surface area contributed by atoms with Crippen LogP contribution in [0.1, 0.15) is 39.1 Å². The number of hydrogen-bond donors (Lipinski definition) is 2. The molecule has 154 valence electrons. The molecule has 0 bridgehead atoms. The Hall–Kier alpha value is -2.86. The van der Waals surface area contributed by atoms with Gasteiger partial charge in [-0.25, -0.2) is 0 Å². The third kappa shape index (κ3) is 5.57. The molecule has 1 aliphatic rings. The minimum Gasteiger partial charge on any atom is -0.383 e. The Labute approximate surface area is 172 Å². The molecule has 1 heterocycles. The molecule has 2 aromatic rings. The lowest BCUT2D eigenvalue weighted by molar-refractivity contribution is 0.0927. The van der Waals surface area contributed by atoms with Gasteiger partial charge in [-0.05, 0) is 44.0 Å². The van der Waals surface area contributed by atoms with Crippen LogP contribution < -0.4 is 15.5 Å². The smallest absolute Gasteiger partial charge is 0.253 e. The fourth-order valence-electron chi connectivity index (χ4n) is 3.54. The van der Waals surface area contributed by atoms with E-state index >= 15 is 0 Å². The number of para-hydroxylation sites is 1. The lowest BCUT2D eigenvalue weighted by atomic mass is 10.0. The van der Waals surface area contributed by atoms with Crippen LogP contribution in [-0.4, -0.2) is 51.2 Å². The number of nitrogens with one attached hydrogen (secondary N) is 2. The molecule has 6 nitrogen and oxygen atoms in total. The van der Waals surface area contributed by atoms with Crippen LogP contribution in [0, 0.1) is 6.92 Å². The minimum absolute atomic E-state index is 0.0265. The van der Waals surface area contributed by atoms with E-state index in [0.29, 0.717) is 24.3 Å². The standard InChI is InChI=1S/C23H29N3O3/c1-17-7-9-18(10-8-17)22(27)25-19-11-14-26(15-12-19)21-6-4-3-5-20(21)23(28)24-13-16-29-2/h3-10,19H,11-16H2,1-2H3,(H,24,28)(H,25,27). The number of piperidine rings is 1. The number of nitrogens with zero attached hydrogens (tertiary/aromatic N) is 1. The van der Waals surface area contributed by atoms with Crippen LogP contribution >= 0.6 is 0 Å². The highest BCUT2D eigenvalue weighted by Crippen LogP contribution is 2.24. The topological polar surface area (TPSA) is 70.7 Å². The zero-order valence-electron chi connectivity index (χ0n) is 17.1. The average molecular weight is 396 g/mol. The van der Waals surface area contributed by atoms with Gasteiger partial charge in [0, 0.05) is 44.0 Å². The summed E-state index contributed by atoms with van der Waals surface area (Å²) in [6.07, 6.45) is 1.69. The number of carbonyl (C=O) groups excluding carboxylic acids is 2. The summed E-state index contributed by atoms with van der Waals surface area (Å²) in [6, 6.07) is 15.4. The summed E-state index contributed by atoms with van der Waals surface area (Å²) >= 11 is 0. The maximum Gasteiger partial charge on any atom is 0.253 e. The molecular weight excluding hydrogens is 366 g/mol. The van der Waals surface area contributed by atoms with Crippen LogP contribution in [0.25, 0.3) is 0 Å². The van der Waals surface area contributed by atoms with Crippen molar-refractivity contribution in [1.82, 2.24) is 10.6 Å². The molecule has 2 amide bonds. The maximum atomic E-state index is 12.5. The van der Waals surface area contributed by atoms with E-state index in [2.05, 4.69) is 15.5 Å². The first-order chi connectivity index (χ1) is 14.1. The fraction of sp³-hybridized carbons (Fsp3) is 0.391. The van der Waals surface area contributed by atoms with E-state index in [-0.39, 0.29) is 17.9 Å². The third-order valence-corrected chi connectivity index (χ3v) is 5.23. The van der Waals surface area contributed by atoms with Crippen molar-refractivity contribution in [3.05, 3.63) is 65.2 Å². The van der Waals surface area contributed by atoms with Crippen molar-refractivity contribution in [3.63, 3.8) is 0 Å². The van der Waals surface area contributed by atoms with Crippen LogP contribution in [0.2, 0.25) is 0 Å². The molecule has 0 saturated carbocycles. The molecule has 0 spiro atoms. The first kappa shape index (κ1) is 20.9. The number of anilines is 1. The van der Waals surface area contributed by atoms with Crippen molar-refractivity contribution in [2.75, 3.05) is 38.3 Å². The van der Waals surface area contributed by atoms with E-state index in [1.165, 1.54) is 0 Å². The second-order valence-electron chi connectivity index (χ2n) is 7.37. The first-order valence-electron chi connectivity index (χ1n) is 10.1. The molecule has 1 aliphatic heterocycles. The van der Waals surface area contributed by atoms with Crippen molar-refractivity contribution in [2.24, 2.45) is 0 Å². The highest BCUT2D eigenvalue weighted by atomic mass is 16.5. The van der Waals surface area contributed by atoms with Crippen LogP contribution in [0.4, 0.5) is 5.69 Å². The monoisotopic (exact) mass is 395 g/mol. The second-order valence-corrected chi connectivity index (χ2v) is 7.37. The summed E-state index contributed by atoms with van der Waals surface area (Å²) in [7, 11) is 1.61. The normalized spacial score (nSPS) is 14.5. The number of methoxy groups -OCH3 is 1. The zero-order valence-corrected chi connectivity index (χ0v) is 17.1. The number of carbonyl (C=O) groups is 2. The fourth-order valence-corrected chi connectivity index (χ4v) is 3.54. The van der Waals surface area contributed by atoms with E-state index in [4.69, 9.17) is 4.74 Å². The lowest BCUT2D eigenvalue weighted by Crippen LogP contribution is -2.45. The van der Waals surface area contributed by atoms with Crippen LogP contribution in [0.15, 0.2) is 48.5 Å². The number of aryl methyl sites for hydroxylation is 1. The quantitative estimate of drug-likeness (QED) is 0.708. The van der Waals surface area contributed by atoms with Crippen molar-refractivity contribution >= 4 is 17.5 Å². The minimum atomic E-state index is -0.0903. The lowest BCUT2D eigenvalue weighted by Gasteiger charge is -2.35. The highest BCUT2D eigenvalue weighted by Gasteiger charge is 2.24. The van der Waals surface area contributed by atoms with Gasteiger partial charge in [0.1, 0.15) is 0 Å². The summed E-state index contributed by atoms with van der Waals surface area (Å²) in [5, 5.41) is 6.03. The Balaban J connectivity index is 1.57. The first-order valence-corrected chi connectivity index (χ1v) is 10.1. The van der Waals surface area contributed by atoms with Crippen molar-refractivity contribution in [3.8, 4) is 0 Å². The molecule has 1 saturated heterocycles. The number of ether oxygens (including phenoxy) is 1. The molecule has 0 radical (unpaired) electrons. The SMILES string of the molecule is COCCNC(=O)c1ccccc1N1CCC(NC(=O)c2ccc(C)cc2)CC1. The van der Waals surface area contributed by atoms with Crippen molar-refractivity contribution < 1.29 is 14.3 Å². The van der Waals surface area contributed by atoms with E-state index in [0.717, 1.165) is 37.2 Å². The number of benzene rings is 2. The third-order valence-electron chi connectivity index (χ3n) is 5.23. The summed E-state index contributed by atoms with van der Waals surface area (Å²) < 4.78 is 5.00. The molecule has 0 aliphatic carbocycles. The van der Waals surface area contributed by atoms with Gasteiger partial charge in [0.25, 0.3) is 11.8 Å². The number of amides is 2. The summed E-state index contributed by atoms with van der Waals surface area (Å²) in [5.41, 5.74) is 3.44. The molecule has 0 aromatic heterocycles. The number of hydrogen-bond acceptors (Lipinski definition) is 4. The Morgan fingerprint density at radius 2 is 1.72 bits per heavy atom. The van der Waals surface area contributed by atoms with Gasteiger partial charge in [0.05, 0.1) is 12.2 Å². The molecule has 6 heteroatoms. The molecule has 29 heavy (non-hydrogen) atoms. The molecular formula is C23H29N3O3. The molecule has 0 unspecified atom stereocenters. The van der Waals surface area contributed by atoms with Crippen LogP contribution in [0.3, 0.4) is 0 Å². The number of rotatable bonds is 7. The molecule has 1 fully saturated rings. The summed E-state index contributed by atoms with van der Waals surface area (Å²) in [4.78, 5) is 27.2. The average Bonchev–Trinajstić information content (AvgIpc) is 2.75. The van der Waals surface area contributed by atoms with Crippen LogP contribution in [-0.2, 0) is 4.74 Å². The Morgan fingerprint density at radius 3 is 2.41 bits per heavy atom. The van der Waals surface area contributed by atoms with Gasteiger partial charge in [0.2, 0.25) is 0 Å². The predicted octanol–water partition coefficient (Wildman–Crippen LogP) is 2.77. The van der Waals surface area contributed by atoms with Gasteiger partial charge in [-0.3, -0.25) is 9.59 Å². The highest BCUT2D eigenvalue weighted by molar-refractivity contribution is 5.99. The molecule has 0 atom stereocenters. The molecule has 2 N–H and O–H groups in total. The van der Waals surface area contributed by atoms with Crippen molar-refractivity contribution in [2.45, 2.75) is 25.8 Å². The van der Waals surface area contributed by atoms with Crippen molar-refractivity contribution in [1.29, 1.82) is 0 Å². The van der Waals surface area contributed by atoms with E-state index in [9.17, 15) is 9.59 Å². The molecule has 3 rings (SSSR count). The Morgan fingerprint density at radius 1 is 1.03 bits per heavy atom. The van der Waals surface area contributed by atoms with E-state index < -0.39 is 0 Å². The van der Waals surface area contributed by atoms with Gasteiger partial charge in [-0.2, -0.15) is 0 Å². The zero-order chi connectivity index (χ0) is 20.6. The maximum absolute atomic E-state index is 12.5. The molecule has 2 aromatic carbocycles. The second kappa shape index (κ2) is 10.1. The Bertz CT molecular complexity index is 828. The van der Waals surface area contributed by atoms with E-state index in [1.807, 2.05) is 55.5 Å². The van der Waals surface area contributed by atoms with Crippen LogP contribution in [0.5, 0.6) is 0 Å². The van der Waals surface area contributed by atoms with Gasteiger partial charge in [0.15, 0.2) is 0 Å². The largest absolute Gasteiger partial charge is 0.383 e. The summed E-state index contributed by atoms with van der Waals surface area (Å²) in [6.45, 7) is 4.56. The van der Waals surface area contributed by atoms with Gasteiger partial charge >= 0.3 is 0 Å².